The van der Waals surface area contributed by atoms with E-state index in [0.717, 1.165) is 39.9 Å². The fourth-order valence-corrected chi connectivity index (χ4v) is 6.57. The molecule has 0 saturated carbocycles. The van der Waals surface area contributed by atoms with Crippen molar-refractivity contribution in [1.29, 1.82) is 0 Å². The van der Waals surface area contributed by atoms with Crippen molar-refractivity contribution < 1.29 is 17.9 Å². The fraction of sp³-hybridized carbons (Fsp3) is 0.367. The van der Waals surface area contributed by atoms with Gasteiger partial charge in [0.25, 0.3) is 10.0 Å². The van der Waals surface area contributed by atoms with Crippen LogP contribution in [0.15, 0.2) is 65.6 Å². The molecule has 3 aromatic carbocycles. The van der Waals surface area contributed by atoms with Gasteiger partial charge < -0.3 is 10.1 Å². The zero-order valence-corrected chi connectivity index (χ0v) is 22.8. The monoisotopic (exact) mass is 518 g/mol. The number of aryl methyl sites for hydroxylation is 2. The van der Waals surface area contributed by atoms with Gasteiger partial charge in [0.1, 0.15) is 0 Å². The lowest BCUT2D eigenvalue weighted by atomic mass is 9.81. The number of Topliss-reactive ketones (excluding diaryl/α,β-unsaturated/α-hetero) is 1. The molecule has 0 aromatic heterocycles. The predicted octanol–water partition coefficient (Wildman–Crippen LogP) is 6.21. The van der Waals surface area contributed by atoms with Crippen LogP contribution < -0.4 is 9.62 Å². The van der Waals surface area contributed by atoms with Gasteiger partial charge in [-0.3, -0.25) is 9.10 Å². The van der Waals surface area contributed by atoms with E-state index in [1.807, 2.05) is 76.2 Å². The standard InChI is InChI=1S/C30H34N2O4S/c1-18(2)29(33)22-9-7-21(8-10-22)28-25-14-15-36-30(25)26-17-24(12-13-27(26)31-28)37(34,35)32(5)23-11-6-19(3)20(4)16-23/h6-13,16-18,25,28,30-31H,14-15H2,1-5H3/t25-,28+,30-/m0/s1. The number of rotatable bonds is 6. The van der Waals surface area contributed by atoms with Crippen LogP contribution in [0.4, 0.5) is 11.4 Å². The number of nitrogens with zero attached hydrogens (tertiary/aromatic N) is 1. The lowest BCUT2D eigenvalue weighted by molar-refractivity contribution is 0.0827. The molecule has 7 heteroatoms. The molecule has 37 heavy (non-hydrogen) atoms. The van der Waals surface area contributed by atoms with Gasteiger partial charge in [-0.2, -0.15) is 0 Å². The Bertz CT molecular complexity index is 1450. The molecule has 3 atom stereocenters. The van der Waals surface area contributed by atoms with Crippen molar-refractivity contribution in [2.24, 2.45) is 11.8 Å². The lowest BCUT2D eigenvalue weighted by Gasteiger charge is -2.37. The molecule has 2 heterocycles. The van der Waals surface area contributed by atoms with Gasteiger partial charge in [0, 0.05) is 42.3 Å². The molecule has 0 amide bonds. The van der Waals surface area contributed by atoms with Gasteiger partial charge in [0.2, 0.25) is 0 Å². The minimum atomic E-state index is -3.75. The summed E-state index contributed by atoms with van der Waals surface area (Å²) in [4.78, 5) is 12.6. The second-order valence-corrected chi connectivity index (χ2v) is 12.5. The number of hydrogen-bond donors (Lipinski definition) is 1. The molecule has 5 rings (SSSR count). The molecule has 0 bridgehead atoms. The molecule has 1 N–H and O–H groups in total. The normalized spacial score (nSPS) is 20.8. The van der Waals surface area contributed by atoms with E-state index in [2.05, 4.69) is 5.32 Å². The number of carbonyl (C=O) groups excluding carboxylic acids is 1. The number of ketones is 1. The van der Waals surface area contributed by atoms with Gasteiger partial charge in [-0.15, -0.1) is 0 Å². The van der Waals surface area contributed by atoms with Crippen molar-refractivity contribution in [3.05, 3.63) is 88.5 Å². The number of carbonyl (C=O) groups is 1. The molecule has 0 spiro atoms. The van der Waals surface area contributed by atoms with Crippen LogP contribution in [0.25, 0.3) is 0 Å². The topological polar surface area (TPSA) is 75.7 Å². The van der Waals surface area contributed by atoms with E-state index in [0.29, 0.717) is 12.3 Å². The molecule has 6 nitrogen and oxygen atoms in total. The van der Waals surface area contributed by atoms with E-state index in [1.165, 1.54) is 4.31 Å². The van der Waals surface area contributed by atoms with Gasteiger partial charge in [-0.25, -0.2) is 8.42 Å². The third kappa shape index (κ3) is 4.55. The Morgan fingerprint density at radius 2 is 1.73 bits per heavy atom. The summed E-state index contributed by atoms with van der Waals surface area (Å²) in [5.74, 6) is 0.252. The van der Waals surface area contributed by atoms with E-state index in [1.54, 1.807) is 19.2 Å². The molecular weight excluding hydrogens is 484 g/mol. The van der Waals surface area contributed by atoms with Crippen LogP contribution in [0.2, 0.25) is 0 Å². The minimum Gasteiger partial charge on any atom is -0.378 e. The van der Waals surface area contributed by atoms with Gasteiger partial charge in [0.05, 0.1) is 22.7 Å². The number of sulfonamides is 1. The average Bonchev–Trinajstić information content (AvgIpc) is 3.39. The van der Waals surface area contributed by atoms with Gasteiger partial charge >= 0.3 is 0 Å². The number of anilines is 2. The SMILES string of the molecule is Cc1ccc(N(C)S(=O)(=O)c2ccc3c(c2)[C@H]2OCC[C@H]2[C@@H](c2ccc(C(=O)C(C)C)cc2)N3)cc1C. The summed E-state index contributed by atoms with van der Waals surface area (Å²) in [6.45, 7) is 8.42. The third-order valence-electron chi connectivity index (χ3n) is 7.80. The number of nitrogens with one attached hydrogen (secondary N) is 1. The smallest absolute Gasteiger partial charge is 0.264 e. The zero-order valence-electron chi connectivity index (χ0n) is 22.0. The molecule has 1 saturated heterocycles. The largest absolute Gasteiger partial charge is 0.378 e. The van der Waals surface area contributed by atoms with Crippen molar-refractivity contribution in [3.63, 3.8) is 0 Å². The second-order valence-electron chi connectivity index (χ2n) is 10.5. The number of fused-ring (bicyclic) bond motifs is 3. The Morgan fingerprint density at radius 1 is 1.00 bits per heavy atom. The first-order valence-electron chi connectivity index (χ1n) is 12.8. The molecule has 1 fully saturated rings. The predicted molar refractivity (Wildman–Crippen MR) is 147 cm³/mol. The fourth-order valence-electron chi connectivity index (χ4n) is 5.35. The molecule has 194 valence electrons. The highest BCUT2D eigenvalue weighted by Gasteiger charge is 2.42. The molecule has 2 aliphatic rings. The molecule has 2 aliphatic heterocycles. The van der Waals surface area contributed by atoms with Crippen LogP contribution in [0.3, 0.4) is 0 Å². The van der Waals surface area contributed by atoms with E-state index >= 15 is 0 Å². The van der Waals surface area contributed by atoms with E-state index in [-0.39, 0.29) is 34.7 Å². The summed E-state index contributed by atoms with van der Waals surface area (Å²) in [6, 6.07) is 18.8. The van der Waals surface area contributed by atoms with Crippen LogP contribution in [0.5, 0.6) is 0 Å². The molecule has 3 aromatic rings. The van der Waals surface area contributed by atoms with Gasteiger partial charge in [0.15, 0.2) is 5.78 Å². The van der Waals surface area contributed by atoms with Crippen LogP contribution in [0, 0.1) is 25.7 Å². The maximum absolute atomic E-state index is 13.6. The summed E-state index contributed by atoms with van der Waals surface area (Å²) in [6.07, 6.45) is 0.675. The number of hydrogen-bond acceptors (Lipinski definition) is 5. The Hall–Kier alpha value is -3.16. The van der Waals surface area contributed by atoms with Crippen LogP contribution >= 0.6 is 0 Å². The first-order valence-corrected chi connectivity index (χ1v) is 14.2. The van der Waals surface area contributed by atoms with Crippen LogP contribution in [0.1, 0.15) is 65.0 Å². The molecule has 0 unspecified atom stereocenters. The highest BCUT2D eigenvalue weighted by Crippen LogP contribution is 2.50. The summed E-state index contributed by atoms with van der Waals surface area (Å²) >= 11 is 0. The van der Waals surface area contributed by atoms with Crippen molar-refractivity contribution in [1.82, 2.24) is 0 Å². The summed E-state index contributed by atoms with van der Waals surface area (Å²) in [5, 5.41) is 3.64. The van der Waals surface area contributed by atoms with Crippen molar-refractivity contribution in [2.75, 3.05) is 23.3 Å². The second kappa shape index (κ2) is 9.62. The Labute approximate surface area is 219 Å². The summed E-state index contributed by atoms with van der Waals surface area (Å²) in [7, 11) is -2.16. The van der Waals surface area contributed by atoms with Gasteiger partial charge in [-0.05, 0) is 67.3 Å². The first-order chi connectivity index (χ1) is 17.6. The van der Waals surface area contributed by atoms with Crippen molar-refractivity contribution >= 4 is 27.2 Å². The van der Waals surface area contributed by atoms with Gasteiger partial charge in [-0.1, -0.05) is 44.2 Å². The molecule has 0 radical (unpaired) electrons. The zero-order chi connectivity index (χ0) is 26.5. The van der Waals surface area contributed by atoms with Crippen LogP contribution in [-0.2, 0) is 14.8 Å². The number of benzene rings is 3. The van der Waals surface area contributed by atoms with Crippen molar-refractivity contribution in [2.45, 2.75) is 51.2 Å². The Morgan fingerprint density at radius 3 is 2.41 bits per heavy atom. The third-order valence-corrected chi connectivity index (χ3v) is 9.58. The number of ether oxygens (including phenoxy) is 1. The van der Waals surface area contributed by atoms with Crippen LogP contribution in [-0.4, -0.2) is 27.9 Å². The maximum Gasteiger partial charge on any atom is 0.264 e. The van der Waals surface area contributed by atoms with E-state index in [9.17, 15) is 13.2 Å². The molecule has 0 aliphatic carbocycles. The Kier molecular flexibility index (Phi) is 6.62. The minimum absolute atomic E-state index is 0.0175. The summed E-state index contributed by atoms with van der Waals surface area (Å²) in [5.41, 5.74) is 6.37. The average molecular weight is 519 g/mol. The summed E-state index contributed by atoms with van der Waals surface area (Å²) < 4.78 is 34.6. The van der Waals surface area contributed by atoms with E-state index < -0.39 is 10.0 Å². The quantitative estimate of drug-likeness (QED) is 0.393. The highest BCUT2D eigenvalue weighted by atomic mass is 32.2. The lowest BCUT2D eigenvalue weighted by Crippen LogP contribution is -2.30. The van der Waals surface area contributed by atoms with Crippen molar-refractivity contribution in [3.8, 4) is 0 Å². The highest BCUT2D eigenvalue weighted by molar-refractivity contribution is 7.92. The maximum atomic E-state index is 13.6. The van der Waals surface area contributed by atoms with E-state index in [4.69, 9.17) is 4.74 Å². The molecular formula is C30H34N2O4S. The first kappa shape index (κ1) is 25.5. The Balaban J connectivity index is 1.46.